The van der Waals surface area contributed by atoms with E-state index < -0.39 is 0 Å². The van der Waals surface area contributed by atoms with Gasteiger partial charge in [-0.3, -0.25) is 9.59 Å². The second kappa shape index (κ2) is 7.01. The molecule has 1 aliphatic heterocycles. The molecule has 25 heavy (non-hydrogen) atoms. The van der Waals surface area contributed by atoms with Crippen LogP contribution < -0.4 is 10.1 Å². The van der Waals surface area contributed by atoms with Gasteiger partial charge in [0.15, 0.2) is 0 Å². The van der Waals surface area contributed by atoms with Crippen LogP contribution in [0.2, 0.25) is 0 Å². The lowest BCUT2D eigenvalue weighted by molar-refractivity contribution is -0.114. The monoisotopic (exact) mass is 336 g/mol. The van der Waals surface area contributed by atoms with Crippen molar-refractivity contribution >= 4 is 17.5 Å². The molecule has 0 bridgehead atoms. The Labute approximate surface area is 144 Å². The van der Waals surface area contributed by atoms with Crippen LogP contribution in [0.4, 0.5) is 5.69 Å². The smallest absolute Gasteiger partial charge is 0.254 e. The summed E-state index contributed by atoms with van der Waals surface area (Å²) in [4.78, 5) is 29.1. The predicted octanol–water partition coefficient (Wildman–Crippen LogP) is 1.82. The number of aromatic nitrogens is 1. The third-order valence-electron chi connectivity index (χ3n) is 3.74. The summed E-state index contributed by atoms with van der Waals surface area (Å²) in [7, 11) is 0. The number of amides is 2. The fourth-order valence-corrected chi connectivity index (χ4v) is 2.45. The molecule has 2 heterocycles. The van der Waals surface area contributed by atoms with E-state index in [0.29, 0.717) is 35.8 Å². The zero-order valence-corrected chi connectivity index (χ0v) is 13.6. The van der Waals surface area contributed by atoms with Crippen LogP contribution in [0.15, 0.2) is 42.6 Å². The molecule has 1 fully saturated rings. The number of carbonyl (C=O) groups excluding carboxylic acids is 2. The molecule has 1 N–H and O–H groups in total. The van der Waals surface area contributed by atoms with Crippen molar-refractivity contribution in [3.05, 3.63) is 53.7 Å². The lowest BCUT2D eigenvalue weighted by atomic mass is 10.1. The summed E-state index contributed by atoms with van der Waals surface area (Å²) in [6, 6.07) is 12.0. The van der Waals surface area contributed by atoms with Gasteiger partial charge in [-0.25, -0.2) is 4.98 Å². The molecule has 1 aliphatic rings. The van der Waals surface area contributed by atoms with Crippen LogP contribution in [0.5, 0.6) is 5.88 Å². The molecule has 126 valence electrons. The molecule has 1 aromatic carbocycles. The first-order valence-corrected chi connectivity index (χ1v) is 7.75. The van der Waals surface area contributed by atoms with E-state index in [1.807, 2.05) is 6.07 Å². The maximum Gasteiger partial charge on any atom is 0.254 e. The van der Waals surface area contributed by atoms with Crippen LogP contribution in [0.3, 0.4) is 0 Å². The molecule has 0 aliphatic carbocycles. The Morgan fingerprint density at radius 3 is 2.52 bits per heavy atom. The number of nitrogens with zero attached hydrogens (tertiary/aromatic N) is 3. The fourth-order valence-electron chi connectivity index (χ4n) is 2.45. The van der Waals surface area contributed by atoms with Crippen molar-refractivity contribution in [2.24, 2.45) is 0 Å². The van der Waals surface area contributed by atoms with Gasteiger partial charge in [-0.2, -0.15) is 5.26 Å². The van der Waals surface area contributed by atoms with Crippen LogP contribution in [0, 0.1) is 11.3 Å². The maximum absolute atomic E-state index is 12.4. The van der Waals surface area contributed by atoms with E-state index >= 15 is 0 Å². The molecule has 7 nitrogen and oxygen atoms in total. The highest BCUT2D eigenvalue weighted by Crippen LogP contribution is 2.19. The second-order valence-electron chi connectivity index (χ2n) is 5.71. The Morgan fingerprint density at radius 2 is 1.96 bits per heavy atom. The molecule has 7 heteroatoms. The summed E-state index contributed by atoms with van der Waals surface area (Å²) in [6.07, 6.45) is 1.34. The van der Waals surface area contributed by atoms with E-state index in [2.05, 4.69) is 10.3 Å². The number of benzene rings is 1. The van der Waals surface area contributed by atoms with Crippen LogP contribution >= 0.6 is 0 Å². The largest absolute Gasteiger partial charge is 0.471 e. The van der Waals surface area contributed by atoms with Crippen LogP contribution in [-0.4, -0.2) is 40.9 Å². The summed E-state index contributed by atoms with van der Waals surface area (Å²) in [5.41, 5.74) is 1.69. The molecule has 1 saturated heterocycles. The van der Waals surface area contributed by atoms with Gasteiger partial charge in [0.25, 0.3) is 5.91 Å². The predicted molar refractivity (Wildman–Crippen MR) is 90.0 cm³/mol. The van der Waals surface area contributed by atoms with Crippen molar-refractivity contribution in [2.45, 2.75) is 13.0 Å². The molecule has 0 unspecified atom stereocenters. The van der Waals surface area contributed by atoms with Crippen molar-refractivity contribution in [1.29, 1.82) is 5.26 Å². The third kappa shape index (κ3) is 3.93. The van der Waals surface area contributed by atoms with Crippen LogP contribution in [0.25, 0.3) is 0 Å². The van der Waals surface area contributed by atoms with Gasteiger partial charge in [0.1, 0.15) is 12.2 Å². The van der Waals surface area contributed by atoms with E-state index in [9.17, 15) is 9.59 Å². The minimum Gasteiger partial charge on any atom is -0.471 e. The number of rotatable bonds is 4. The first-order valence-electron chi connectivity index (χ1n) is 7.75. The summed E-state index contributed by atoms with van der Waals surface area (Å²) < 4.78 is 5.67. The average molecular weight is 336 g/mol. The molecule has 3 rings (SSSR count). The zero-order valence-electron chi connectivity index (χ0n) is 13.6. The lowest BCUT2D eigenvalue weighted by Crippen LogP contribution is -2.56. The quantitative estimate of drug-likeness (QED) is 0.919. The summed E-state index contributed by atoms with van der Waals surface area (Å²) in [5, 5.41) is 11.4. The summed E-state index contributed by atoms with van der Waals surface area (Å²) in [5.74, 6) is 0.205. The zero-order chi connectivity index (χ0) is 17.8. The Kier molecular flexibility index (Phi) is 4.61. The average Bonchev–Trinajstić information content (AvgIpc) is 2.58. The Hall–Kier alpha value is -3.40. The second-order valence-corrected chi connectivity index (χ2v) is 5.71. The van der Waals surface area contributed by atoms with Crippen molar-refractivity contribution in [1.82, 2.24) is 9.88 Å². The highest BCUT2D eigenvalue weighted by molar-refractivity contribution is 5.96. The summed E-state index contributed by atoms with van der Waals surface area (Å²) >= 11 is 0. The molecule has 0 saturated carbocycles. The minimum atomic E-state index is -0.154. The molecular formula is C18H16N4O3. The van der Waals surface area contributed by atoms with Gasteiger partial charge in [-0.1, -0.05) is 0 Å². The molecule has 1 aromatic heterocycles. The number of pyridine rings is 1. The first kappa shape index (κ1) is 16.5. The van der Waals surface area contributed by atoms with Gasteiger partial charge in [0, 0.05) is 30.4 Å². The minimum absolute atomic E-state index is 0.0815. The Balaban J connectivity index is 1.52. The number of carbonyl (C=O) groups is 2. The van der Waals surface area contributed by atoms with E-state index in [-0.39, 0.29) is 17.9 Å². The van der Waals surface area contributed by atoms with E-state index in [4.69, 9.17) is 10.00 Å². The lowest BCUT2D eigenvalue weighted by Gasteiger charge is -2.38. The highest BCUT2D eigenvalue weighted by Gasteiger charge is 2.33. The number of nitrogens with one attached hydrogen (secondary N) is 1. The third-order valence-corrected chi connectivity index (χ3v) is 3.74. The number of ether oxygens (including phenoxy) is 1. The normalized spacial score (nSPS) is 13.5. The number of anilines is 1. The number of likely N-dealkylation sites (tertiary alicyclic amines) is 1. The van der Waals surface area contributed by atoms with E-state index in [1.54, 1.807) is 41.3 Å². The number of hydrogen-bond donors (Lipinski definition) is 1. The standard InChI is InChI=1S/C18H16N4O3/c1-12(23)21-15-5-3-14(4-6-15)18(24)22-10-16(11-22)25-17-7-2-13(8-19)9-20-17/h2-7,9,16H,10-11H2,1H3,(H,21,23). The fraction of sp³-hybridized carbons (Fsp3) is 0.222. The van der Waals surface area contributed by atoms with Gasteiger partial charge < -0.3 is 15.0 Å². The summed E-state index contributed by atoms with van der Waals surface area (Å²) in [6.45, 7) is 2.39. The van der Waals surface area contributed by atoms with Crippen LogP contribution in [-0.2, 0) is 4.79 Å². The Bertz CT molecular complexity index is 819. The Morgan fingerprint density at radius 1 is 1.24 bits per heavy atom. The van der Waals surface area contributed by atoms with Gasteiger partial charge in [-0.15, -0.1) is 0 Å². The molecule has 2 amide bonds. The van der Waals surface area contributed by atoms with Crippen molar-refractivity contribution in [2.75, 3.05) is 18.4 Å². The van der Waals surface area contributed by atoms with E-state index in [1.165, 1.54) is 13.1 Å². The molecular weight excluding hydrogens is 320 g/mol. The molecule has 0 radical (unpaired) electrons. The molecule has 2 aromatic rings. The number of hydrogen-bond acceptors (Lipinski definition) is 5. The van der Waals surface area contributed by atoms with Gasteiger partial charge in [-0.05, 0) is 30.3 Å². The van der Waals surface area contributed by atoms with Crippen molar-refractivity contribution in [3.8, 4) is 11.9 Å². The molecule has 0 spiro atoms. The van der Waals surface area contributed by atoms with Crippen molar-refractivity contribution < 1.29 is 14.3 Å². The number of nitriles is 1. The van der Waals surface area contributed by atoms with E-state index in [0.717, 1.165) is 0 Å². The molecule has 0 atom stereocenters. The first-order chi connectivity index (χ1) is 12.0. The van der Waals surface area contributed by atoms with Crippen molar-refractivity contribution in [3.63, 3.8) is 0 Å². The maximum atomic E-state index is 12.4. The topological polar surface area (TPSA) is 95.3 Å². The van der Waals surface area contributed by atoms with Gasteiger partial charge in [0.2, 0.25) is 11.8 Å². The van der Waals surface area contributed by atoms with Gasteiger partial charge in [0.05, 0.1) is 18.7 Å². The SMILES string of the molecule is CC(=O)Nc1ccc(C(=O)N2CC(Oc3ccc(C#N)cn3)C2)cc1. The highest BCUT2D eigenvalue weighted by atomic mass is 16.5. The van der Waals surface area contributed by atoms with Crippen LogP contribution in [0.1, 0.15) is 22.8 Å². The van der Waals surface area contributed by atoms with Gasteiger partial charge >= 0.3 is 0 Å².